The third kappa shape index (κ3) is 3.63. The van der Waals surface area contributed by atoms with Crippen LogP contribution in [-0.2, 0) is 6.42 Å². The molecule has 0 unspecified atom stereocenters. The maximum Gasteiger partial charge on any atom is 0.171 e. The molecule has 1 N–H and O–H groups in total. The molecule has 0 radical (unpaired) electrons. The summed E-state index contributed by atoms with van der Waals surface area (Å²) in [6.07, 6.45) is 12.3. The van der Waals surface area contributed by atoms with Gasteiger partial charge in [-0.3, -0.25) is 4.98 Å². The van der Waals surface area contributed by atoms with Crippen molar-refractivity contribution in [2.24, 2.45) is 0 Å². The summed E-state index contributed by atoms with van der Waals surface area (Å²) in [5.41, 5.74) is 1.24. The predicted molar refractivity (Wildman–Crippen MR) is 70.6 cm³/mol. The zero-order valence-corrected chi connectivity index (χ0v) is 10.7. The normalized spacial score (nSPS) is 10.7. The minimum atomic E-state index is 0.757. The fourth-order valence-electron chi connectivity index (χ4n) is 1.74. The van der Waals surface area contributed by atoms with Crippen LogP contribution < -0.4 is 5.32 Å². The highest BCUT2D eigenvalue weighted by Gasteiger charge is 2.01. The highest BCUT2D eigenvalue weighted by molar-refractivity contribution is 5.18. The van der Waals surface area contributed by atoms with E-state index in [9.17, 15) is 0 Å². The minimum absolute atomic E-state index is 0.757. The largest absolute Gasteiger partial charge is 0.317 e. The Balaban J connectivity index is 1.83. The van der Waals surface area contributed by atoms with Crippen molar-refractivity contribution in [3.05, 3.63) is 36.5 Å². The molecule has 0 saturated carbocycles. The molecule has 0 aliphatic rings. The van der Waals surface area contributed by atoms with Gasteiger partial charge in [-0.15, -0.1) is 0 Å². The van der Waals surface area contributed by atoms with Crippen molar-refractivity contribution in [1.29, 1.82) is 0 Å². The molecule has 0 saturated heterocycles. The van der Waals surface area contributed by atoms with Crippen molar-refractivity contribution >= 4 is 0 Å². The van der Waals surface area contributed by atoms with Gasteiger partial charge in [-0.05, 0) is 37.9 Å². The van der Waals surface area contributed by atoms with Crippen LogP contribution in [0, 0.1) is 0 Å². The van der Waals surface area contributed by atoms with Crippen LogP contribution in [0.25, 0.3) is 5.82 Å². The fraction of sp³-hybridized carbons (Fsp3) is 0.462. The Bertz CT molecular complexity index is 451. The number of nitrogens with one attached hydrogen (secondary N) is 1. The first-order valence-corrected chi connectivity index (χ1v) is 6.41. The van der Waals surface area contributed by atoms with Crippen LogP contribution in [0.1, 0.15) is 25.3 Å². The van der Waals surface area contributed by atoms with Gasteiger partial charge in [0.2, 0.25) is 0 Å². The molecule has 0 aliphatic heterocycles. The molecule has 96 valence electrons. The molecule has 0 bridgehead atoms. The van der Waals surface area contributed by atoms with Gasteiger partial charge < -0.3 is 5.32 Å². The summed E-state index contributed by atoms with van der Waals surface area (Å²) < 4.78 is 1.77. The van der Waals surface area contributed by atoms with E-state index in [-0.39, 0.29) is 0 Å². The summed E-state index contributed by atoms with van der Waals surface area (Å²) in [5, 5.41) is 7.69. The lowest BCUT2D eigenvalue weighted by Gasteiger charge is -2.01. The summed E-state index contributed by atoms with van der Waals surface area (Å²) in [5.74, 6) is 0.757. The van der Waals surface area contributed by atoms with E-state index >= 15 is 0 Å². The van der Waals surface area contributed by atoms with Crippen molar-refractivity contribution in [2.45, 2.75) is 26.2 Å². The van der Waals surface area contributed by atoms with Crippen LogP contribution >= 0.6 is 0 Å². The second kappa shape index (κ2) is 6.86. The number of rotatable bonds is 7. The molecule has 2 heterocycles. The highest BCUT2D eigenvalue weighted by Crippen LogP contribution is 2.05. The Kier molecular flexibility index (Phi) is 4.84. The van der Waals surface area contributed by atoms with Crippen molar-refractivity contribution in [2.75, 3.05) is 13.1 Å². The van der Waals surface area contributed by atoms with E-state index in [0.717, 1.165) is 31.7 Å². The fourth-order valence-corrected chi connectivity index (χ4v) is 1.74. The van der Waals surface area contributed by atoms with Gasteiger partial charge in [0, 0.05) is 18.6 Å². The second-order valence-electron chi connectivity index (χ2n) is 4.21. The zero-order chi connectivity index (χ0) is 12.6. The standard InChI is InChI=1S/C13H19N5/c1-2-5-14-6-3-4-12-9-17-18(11-12)13-10-15-7-8-16-13/h7-11,14H,2-6H2,1H3. The summed E-state index contributed by atoms with van der Waals surface area (Å²) in [7, 11) is 0. The zero-order valence-electron chi connectivity index (χ0n) is 10.7. The van der Waals surface area contributed by atoms with Gasteiger partial charge in [0.1, 0.15) is 0 Å². The van der Waals surface area contributed by atoms with Crippen molar-refractivity contribution < 1.29 is 0 Å². The molecule has 0 aromatic carbocycles. The number of nitrogens with zero attached hydrogens (tertiary/aromatic N) is 4. The average molecular weight is 245 g/mol. The van der Waals surface area contributed by atoms with E-state index in [1.54, 1.807) is 23.3 Å². The van der Waals surface area contributed by atoms with E-state index in [1.807, 2.05) is 12.4 Å². The molecular weight excluding hydrogens is 226 g/mol. The molecule has 2 aromatic heterocycles. The Morgan fingerprint density at radius 1 is 1.22 bits per heavy atom. The molecule has 0 atom stereocenters. The second-order valence-corrected chi connectivity index (χ2v) is 4.21. The van der Waals surface area contributed by atoms with Gasteiger partial charge in [0.05, 0.1) is 12.4 Å². The van der Waals surface area contributed by atoms with E-state index in [1.165, 1.54) is 12.0 Å². The third-order valence-corrected chi connectivity index (χ3v) is 2.67. The lowest BCUT2D eigenvalue weighted by molar-refractivity contribution is 0.640. The molecule has 2 aromatic rings. The molecular formula is C13H19N5. The van der Waals surface area contributed by atoms with Gasteiger partial charge in [-0.25, -0.2) is 9.67 Å². The van der Waals surface area contributed by atoms with Crippen LogP contribution in [0.3, 0.4) is 0 Å². The van der Waals surface area contributed by atoms with Crippen LogP contribution in [0.4, 0.5) is 0 Å². The van der Waals surface area contributed by atoms with Crippen LogP contribution in [0.5, 0.6) is 0 Å². The van der Waals surface area contributed by atoms with E-state index in [4.69, 9.17) is 0 Å². The summed E-state index contributed by atoms with van der Waals surface area (Å²) in [6, 6.07) is 0. The molecule has 2 rings (SSSR count). The van der Waals surface area contributed by atoms with Gasteiger partial charge in [-0.2, -0.15) is 5.10 Å². The van der Waals surface area contributed by atoms with Gasteiger partial charge >= 0.3 is 0 Å². The van der Waals surface area contributed by atoms with Gasteiger partial charge in [-0.1, -0.05) is 6.92 Å². The lowest BCUT2D eigenvalue weighted by atomic mass is 10.2. The SMILES string of the molecule is CCCNCCCc1cnn(-c2cnccn2)c1. The topological polar surface area (TPSA) is 55.6 Å². The first-order valence-electron chi connectivity index (χ1n) is 6.41. The summed E-state index contributed by atoms with van der Waals surface area (Å²) in [4.78, 5) is 8.24. The molecule has 0 fully saturated rings. The maximum atomic E-state index is 4.30. The number of aryl methyl sites for hydroxylation is 1. The Labute approximate surface area is 107 Å². The first kappa shape index (κ1) is 12.7. The minimum Gasteiger partial charge on any atom is -0.317 e. The molecule has 0 amide bonds. The van der Waals surface area contributed by atoms with Crippen LogP contribution in [0.15, 0.2) is 31.0 Å². The molecule has 18 heavy (non-hydrogen) atoms. The monoisotopic (exact) mass is 245 g/mol. The van der Waals surface area contributed by atoms with Crippen molar-refractivity contribution in [1.82, 2.24) is 25.1 Å². The molecule has 0 aliphatic carbocycles. The summed E-state index contributed by atoms with van der Waals surface area (Å²) >= 11 is 0. The van der Waals surface area contributed by atoms with E-state index in [0.29, 0.717) is 0 Å². The van der Waals surface area contributed by atoms with Gasteiger partial charge in [0.15, 0.2) is 5.82 Å². The van der Waals surface area contributed by atoms with E-state index < -0.39 is 0 Å². The summed E-state index contributed by atoms with van der Waals surface area (Å²) in [6.45, 7) is 4.33. The highest BCUT2D eigenvalue weighted by atomic mass is 15.3. The lowest BCUT2D eigenvalue weighted by Crippen LogP contribution is -2.16. The quantitative estimate of drug-likeness (QED) is 0.753. The Morgan fingerprint density at radius 3 is 2.94 bits per heavy atom. The first-order chi connectivity index (χ1) is 8.90. The number of aromatic nitrogens is 4. The number of hydrogen-bond donors (Lipinski definition) is 1. The number of hydrogen-bond acceptors (Lipinski definition) is 4. The smallest absolute Gasteiger partial charge is 0.171 e. The Morgan fingerprint density at radius 2 is 2.17 bits per heavy atom. The Hall–Kier alpha value is -1.75. The van der Waals surface area contributed by atoms with Crippen LogP contribution in [-0.4, -0.2) is 32.8 Å². The third-order valence-electron chi connectivity index (χ3n) is 2.67. The van der Waals surface area contributed by atoms with Crippen molar-refractivity contribution in [3.8, 4) is 5.82 Å². The van der Waals surface area contributed by atoms with Gasteiger partial charge in [0.25, 0.3) is 0 Å². The molecule has 0 spiro atoms. The van der Waals surface area contributed by atoms with Crippen LogP contribution in [0.2, 0.25) is 0 Å². The molecule has 5 nitrogen and oxygen atoms in total. The molecule has 5 heteroatoms. The average Bonchev–Trinajstić information content (AvgIpc) is 2.88. The van der Waals surface area contributed by atoms with E-state index in [2.05, 4.69) is 27.3 Å². The van der Waals surface area contributed by atoms with Crippen molar-refractivity contribution in [3.63, 3.8) is 0 Å². The predicted octanol–water partition coefficient (Wildman–Crippen LogP) is 1.59. The maximum absolute atomic E-state index is 4.30.